The standard InChI is InChI=1S/C10H10Cl2N2S2/c1-16-3-2-14-9-5-7(12)6(11)4-8(9)13-10(14)15/h4-5H,2-3H2,1H3,(H,13,15). The fourth-order valence-electron chi connectivity index (χ4n) is 1.56. The molecule has 0 aliphatic heterocycles. The Morgan fingerprint density at radius 3 is 2.75 bits per heavy atom. The zero-order valence-corrected chi connectivity index (χ0v) is 11.7. The summed E-state index contributed by atoms with van der Waals surface area (Å²) < 4.78 is 2.76. The predicted molar refractivity (Wildman–Crippen MR) is 75.5 cm³/mol. The molecule has 0 saturated heterocycles. The van der Waals surface area contributed by atoms with Crippen LogP contribution >= 0.6 is 47.2 Å². The van der Waals surface area contributed by atoms with Crippen LogP contribution in [0.1, 0.15) is 0 Å². The molecule has 0 amide bonds. The average Bonchev–Trinajstić information content (AvgIpc) is 2.52. The molecule has 1 N–H and O–H groups in total. The molecule has 0 unspecified atom stereocenters. The number of aromatic amines is 1. The zero-order chi connectivity index (χ0) is 11.7. The molecule has 0 atom stereocenters. The SMILES string of the molecule is CSCCn1c(=S)[nH]c2cc(Cl)c(Cl)cc21. The van der Waals surface area contributed by atoms with Crippen molar-refractivity contribution in [3.63, 3.8) is 0 Å². The molecule has 2 aromatic rings. The van der Waals surface area contributed by atoms with Gasteiger partial charge in [0.25, 0.3) is 0 Å². The maximum Gasteiger partial charge on any atom is 0.178 e. The molecule has 0 saturated carbocycles. The third kappa shape index (κ3) is 2.25. The topological polar surface area (TPSA) is 20.7 Å². The van der Waals surface area contributed by atoms with Gasteiger partial charge in [0.2, 0.25) is 0 Å². The van der Waals surface area contributed by atoms with Crippen LogP contribution in [0.3, 0.4) is 0 Å². The predicted octanol–water partition coefficient (Wildman–Crippen LogP) is 4.37. The van der Waals surface area contributed by atoms with Crippen LogP contribution < -0.4 is 0 Å². The highest BCUT2D eigenvalue weighted by molar-refractivity contribution is 7.98. The number of rotatable bonds is 3. The maximum absolute atomic E-state index is 6.00. The van der Waals surface area contributed by atoms with Gasteiger partial charge in [-0.2, -0.15) is 11.8 Å². The number of imidazole rings is 1. The molecule has 2 rings (SSSR count). The number of nitrogens with one attached hydrogen (secondary N) is 1. The van der Waals surface area contributed by atoms with E-state index in [1.165, 1.54) is 0 Å². The van der Waals surface area contributed by atoms with Gasteiger partial charge in [-0.05, 0) is 30.6 Å². The minimum Gasteiger partial charge on any atom is -0.331 e. The van der Waals surface area contributed by atoms with E-state index in [1.807, 2.05) is 16.7 Å². The van der Waals surface area contributed by atoms with Gasteiger partial charge in [0.15, 0.2) is 4.77 Å². The highest BCUT2D eigenvalue weighted by Gasteiger charge is 2.07. The number of aryl methyl sites for hydroxylation is 1. The Hall–Kier alpha value is -0.160. The lowest BCUT2D eigenvalue weighted by Gasteiger charge is -2.03. The maximum atomic E-state index is 6.00. The van der Waals surface area contributed by atoms with Gasteiger partial charge in [0, 0.05) is 12.3 Å². The van der Waals surface area contributed by atoms with Crippen LogP contribution in [-0.4, -0.2) is 21.6 Å². The van der Waals surface area contributed by atoms with Crippen molar-refractivity contribution in [2.45, 2.75) is 6.54 Å². The van der Waals surface area contributed by atoms with Crippen molar-refractivity contribution in [3.05, 3.63) is 26.9 Å². The zero-order valence-electron chi connectivity index (χ0n) is 8.59. The van der Waals surface area contributed by atoms with Crippen molar-refractivity contribution < 1.29 is 0 Å². The molecular formula is C10H10Cl2N2S2. The van der Waals surface area contributed by atoms with Gasteiger partial charge in [-0.25, -0.2) is 0 Å². The lowest BCUT2D eigenvalue weighted by Crippen LogP contribution is -1.99. The van der Waals surface area contributed by atoms with Crippen LogP contribution in [0.15, 0.2) is 12.1 Å². The third-order valence-corrected chi connectivity index (χ3v) is 3.97. The van der Waals surface area contributed by atoms with E-state index in [0.717, 1.165) is 23.3 Å². The van der Waals surface area contributed by atoms with Gasteiger partial charge in [-0.15, -0.1) is 0 Å². The van der Waals surface area contributed by atoms with Crippen molar-refractivity contribution in [1.82, 2.24) is 9.55 Å². The van der Waals surface area contributed by atoms with Gasteiger partial charge in [0.05, 0.1) is 21.1 Å². The highest BCUT2D eigenvalue weighted by Crippen LogP contribution is 2.27. The molecule has 1 heterocycles. The third-order valence-electron chi connectivity index (χ3n) is 2.34. The normalized spacial score (nSPS) is 11.2. The molecular weight excluding hydrogens is 283 g/mol. The molecule has 0 fully saturated rings. The molecule has 0 radical (unpaired) electrons. The smallest absolute Gasteiger partial charge is 0.178 e. The van der Waals surface area contributed by atoms with Crippen molar-refractivity contribution in [2.24, 2.45) is 0 Å². The monoisotopic (exact) mass is 292 g/mol. The Bertz CT molecular complexity index is 574. The molecule has 0 bridgehead atoms. The van der Waals surface area contributed by atoms with E-state index in [-0.39, 0.29) is 0 Å². The lowest BCUT2D eigenvalue weighted by molar-refractivity contribution is 0.784. The first kappa shape index (κ1) is 12.3. The minimum atomic E-state index is 0.544. The van der Waals surface area contributed by atoms with Crippen molar-refractivity contribution in [2.75, 3.05) is 12.0 Å². The molecule has 6 heteroatoms. The lowest BCUT2D eigenvalue weighted by atomic mass is 10.3. The van der Waals surface area contributed by atoms with Crippen LogP contribution in [0.4, 0.5) is 0 Å². The van der Waals surface area contributed by atoms with Crippen LogP contribution in [0.25, 0.3) is 11.0 Å². The Morgan fingerprint density at radius 1 is 1.38 bits per heavy atom. The second-order valence-corrected chi connectivity index (χ2v) is 5.54. The molecule has 2 nitrogen and oxygen atoms in total. The Labute approximate surface area is 113 Å². The highest BCUT2D eigenvalue weighted by atomic mass is 35.5. The van der Waals surface area contributed by atoms with Gasteiger partial charge >= 0.3 is 0 Å². The molecule has 1 aromatic heterocycles. The number of halogens is 2. The van der Waals surface area contributed by atoms with E-state index in [9.17, 15) is 0 Å². The van der Waals surface area contributed by atoms with Crippen molar-refractivity contribution >= 4 is 58.2 Å². The molecule has 86 valence electrons. The van der Waals surface area contributed by atoms with E-state index in [2.05, 4.69) is 11.2 Å². The summed E-state index contributed by atoms with van der Waals surface area (Å²) in [6.45, 7) is 0.873. The number of nitrogens with zero attached hydrogens (tertiary/aromatic N) is 1. The van der Waals surface area contributed by atoms with Gasteiger partial charge in [0.1, 0.15) is 0 Å². The Balaban J connectivity index is 2.60. The van der Waals surface area contributed by atoms with E-state index in [4.69, 9.17) is 35.4 Å². The van der Waals surface area contributed by atoms with Gasteiger partial charge in [-0.3, -0.25) is 0 Å². The second kappa shape index (κ2) is 5.00. The fourth-order valence-corrected chi connectivity index (χ4v) is 2.54. The second-order valence-electron chi connectivity index (χ2n) is 3.36. The summed E-state index contributed by atoms with van der Waals surface area (Å²) in [6, 6.07) is 3.66. The van der Waals surface area contributed by atoms with Crippen molar-refractivity contribution in [3.8, 4) is 0 Å². The van der Waals surface area contributed by atoms with Crippen LogP contribution in [0.5, 0.6) is 0 Å². The number of H-pyrrole nitrogens is 1. The minimum absolute atomic E-state index is 0.544. The number of fused-ring (bicyclic) bond motifs is 1. The van der Waals surface area contributed by atoms with Crippen molar-refractivity contribution in [1.29, 1.82) is 0 Å². The van der Waals surface area contributed by atoms with E-state index < -0.39 is 0 Å². The summed E-state index contributed by atoms with van der Waals surface area (Å²) in [5.74, 6) is 1.02. The molecule has 0 aliphatic rings. The van der Waals surface area contributed by atoms with Crippen LogP contribution in [0, 0.1) is 4.77 Å². The summed E-state index contributed by atoms with van der Waals surface area (Å²) in [4.78, 5) is 3.13. The first-order chi connectivity index (χ1) is 7.63. The number of benzene rings is 1. The first-order valence-electron chi connectivity index (χ1n) is 4.70. The number of hydrogen-bond donors (Lipinski definition) is 1. The number of aromatic nitrogens is 2. The van der Waals surface area contributed by atoms with E-state index >= 15 is 0 Å². The molecule has 16 heavy (non-hydrogen) atoms. The molecule has 1 aromatic carbocycles. The van der Waals surface area contributed by atoms with Crippen LogP contribution in [-0.2, 0) is 6.54 Å². The van der Waals surface area contributed by atoms with Crippen LogP contribution in [0.2, 0.25) is 10.0 Å². The quantitative estimate of drug-likeness (QED) is 0.848. The fraction of sp³-hybridized carbons (Fsp3) is 0.300. The van der Waals surface area contributed by atoms with E-state index in [0.29, 0.717) is 14.8 Å². The summed E-state index contributed by atoms with van der Waals surface area (Å²) in [5, 5.41) is 1.10. The first-order valence-corrected chi connectivity index (χ1v) is 7.26. The average molecular weight is 293 g/mol. The summed E-state index contributed by atoms with van der Waals surface area (Å²) >= 11 is 19.0. The van der Waals surface area contributed by atoms with E-state index in [1.54, 1.807) is 11.8 Å². The summed E-state index contributed by atoms with van der Waals surface area (Å²) in [5.41, 5.74) is 1.94. The van der Waals surface area contributed by atoms with Gasteiger partial charge < -0.3 is 9.55 Å². The Kier molecular flexibility index (Phi) is 3.85. The Morgan fingerprint density at radius 2 is 2.06 bits per heavy atom. The number of hydrogen-bond acceptors (Lipinski definition) is 2. The summed E-state index contributed by atoms with van der Waals surface area (Å²) in [6.07, 6.45) is 2.07. The summed E-state index contributed by atoms with van der Waals surface area (Å²) in [7, 11) is 0. The number of thioether (sulfide) groups is 1. The largest absolute Gasteiger partial charge is 0.331 e. The molecule has 0 aliphatic carbocycles. The molecule has 0 spiro atoms. The van der Waals surface area contributed by atoms with Gasteiger partial charge in [-0.1, -0.05) is 23.2 Å².